The molecular formula is C15H21FN2S. The molecule has 2 nitrogen and oxygen atoms in total. The molecule has 0 amide bonds. The molecule has 1 atom stereocenters. The van der Waals surface area contributed by atoms with Gasteiger partial charge in [0, 0.05) is 36.7 Å². The number of benzene rings is 1. The van der Waals surface area contributed by atoms with Gasteiger partial charge >= 0.3 is 0 Å². The van der Waals surface area contributed by atoms with Crippen LogP contribution in [0.2, 0.25) is 0 Å². The van der Waals surface area contributed by atoms with Crippen molar-refractivity contribution >= 4 is 17.4 Å². The second kappa shape index (κ2) is 5.71. The molecule has 1 heterocycles. The lowest BCUT2D eigenvalue weighted by Gasteiger charge is -2.32. The molecule has 4 heteroatoms. The molecule has 3 rings (SSSR count). The van der Waals surface area contributed by atoms with Crippen LogP contribution in [-0.2, 0) is 6.54 Å². The number of nitrogens with zero attached hydrogens (tertiary/aromatic N) is 1. The van der Waals surface area contributed by atoms with E-state index in [9.17, 15) is 4.39 Å². The van der Waals surface area contributed by atoms with Crippen molar-refractivity contribution in [2.45, 2.75) is 37.6 Å². The Balaban J connectivity index is 1.67. The standard InChI is InChI=1S/C15H21FN2S/c1-11-10-18(6-7-19-11)15-5-2-12(8-14(15)16)9-17-13-3-4-13/h2,5,8,11,13,17H,3-4,6-7,9-10H2,1H3. The Morgan fingerprint density at radius 2 is 2.26 bits per heavy atom. The summed E-state index contributed by atoms with van der Waals surface area (Å²) >= 11 is 1.97. The zero-order valence-corrected chi connectivity index (χ0v) is 12.2. The fraction of sp³-hybridized carbons (Fsp3) is 0.600. The summed E-state index contributed by atoms with van der Waals surface area (Å²) in [6, 6.07) is 6.36. The molecule has 104 valence electrons. The Kier molecular flexibility index (Phi) is 3.99. The van der Waals surface area contributed by atoms with Crippen molar-refractivity contribution < 1.29 is 4.39 Å². The summed E-state index contributed by atoms with van der Waals surface area (Å²) in [5.74, 6) is 1.01. The summed E-state index contributed by atoms with van der Waals surface area (Å²) in [7, 11) is 0. The maximum absolute atomic E-state index is 14.2. The summed E-state index contributed by atoms with van der Waals surface area (Å²) in [4.78, 5) is 2.18. The fourth-order valence-electron chi connectivity index (χ4n) is 2.50. The third kappa shape index (κ3) is 3.42. The number of anilines is 1. The molecule has 1 aliphatic heterocycles. The van der Waals surface area contributed by atoms with Crippen molar-refractivity contribution in [3.63, 3.8) is 0 Å². The Morgan fingerprint density at radius 3 is 2.95 bits per heavy atom. The molecule has 0 aromatic heterocycles. The van der Waals surface area contributed by atoms with E-state index in [2.05, 4.69) is 23.2 Å². The maximum Gasteiger partial charge on any atom is 0.146 e. The van der Waals surface area contributed by atoms with Crippen LogP contribution in [0.15, 0.2) is 18.2 Å². The first-order valence-corrected chi connectivity index (χ1v) is 8.15. The van der Waals surface area contributed by atoms with Crippen molar-refractivity contribution in [3.8, 4) is 0 Å². The second-order valence-electron chi connectivity index (χ2n) is 5.57. The van der Waals surface area contributed by atoms with Crippen LogP contribution in [-0.4, -0.2) is 30.1 Å². The predicted molar refractivity (Wildman–Crippen MR) is 80.4 cm³/mol. The SMILES string of the molecule is CC1CN(c2ccc(CNC3CC3)cc2F)CCS1. The molecule has 1 N–H and O–H groups in total. The average molecular weight is 280 g/mol. The molecule has 2 aliphatic rings. The fourth-order valence-corrected chi connectivity index (χ4v) is 3.52. The van der Waals surface area contributed by atoms with E-state index in [0.29, 0.717) is 11.3 Å². The van der Waals surface area contributed by atoms with Crippen LogP contribution in [0.3, 0.4) is 0 Å². The maximum atomic E-state index is 14.2. The normalized spacial score (nSPS) is 23.7. The van der Waals surface area contributed by atoms with Crippen molar-refractivity contribution in [2.24, 2.45) is 0 Å². The zero-order valence-electron chi connectivity index (χ0n) is 11.4. The molecule has 1 saturated heterocycles. The van der Waals surface area contributed by atoms with E-state index in [1.54, 1.807) is 6.07 Å². The lowest BCUT2D eigenvalue weighted by molar-refractivity contribution is 0.609. The minimum absolute atomic E-state index is 0.0748. The quantitative estimate of drug-likeness (QED) is 0.912. The molecular weight excluding hydrogens is 259 g/mol. The first-order chi connectivity index (χ1) is 9.22. The van der Waals surface area contributed by atoms with Gasteiger partial charge in [-0.3, -0.25) is 0 Å². The molecule has 1 aliphatic carbocycles. The van der Waals surface area contributed by atoms with Crippen molar-refractivity contribution in [3.05, 3.63) is 29.6 Å². The molecule has 2 fully saturated rings. The summed E-state index contributed by atoms with van der Waals surface area (Å²) in [6.07, 6.45) is 2.54. The average Bonchev–Trinajstić information content (AvgIpc) is 3.20. The van der Waals surface area contributed by atoms with Crippen molar-refractivity contribution in [1.29, 1.82) is 0 Å². The van der Waals surface area contributed by atoms with Gasteiger partial charge in [0.2, 0.25) is 0 Å². The molecule has 1 aromatic carbocycles. The Hall–Kier alpha value is -0.740. The number of halogens is 1. The third-order valence-corrected chi connectivity index (χ3v) is 4.90. The molecule has 1 saturated carbocycles. The van der Waals surface area contributed by atoms with Crippen LogP contribution in [0.1, 0.15) is 25.3 Å². The van der Waals surface area contributed by atoms with Crippen LogP contribution < -0.4 is 10.2 Å². The van der Waals surface area contributed by atoms with Crippen molar-refractivity contribution in [1.82, 2.24) is 5.32 Å². The van der Waals surface area contributed by atoms with E-state index >= 15 is 0 Å². The summed E-state index contributed by atoms with van der Waals surface area (Å²) in [6.45, 7) is 4.89. The van der Waals surface area contributed by atoms with Gasteiger partial charge in [0.1, 0.15) is 5.82 Å². The van der Waals surface area contributed by atoms with Crippen LogP contribution in [0.25, 0.3) is 0 Å². The smallest absolute Gasteiger partial charge is 0.146 e. The molecule has 1 unspecified atom stereocenters. The van der Waals surface area contributed by atoms with Crippen LogP contribution in [0, 0.1) is 5.82 Å². The number of rotatable bonds is 4. The van der Waals surface area contributed by atoms with Crippen LogP contribution in [0.5, 0.6) is 0 Å². The molecule has 0 radical (unpaired) electrons. The van der Waals surface area contributed by atoms with E-state index in [1.807, 2.05) is 17.8 Å². The summed E-state index contributed by atoms with van der Waals surface area (Å²) < 4.78 is 14.2. The Bertz CT molecular complexity index is 448. The van der Waals surface area contributed by atoms with E-state index in [1.165, 1.54) is 12.8 Å². The highest BCUT2D eigenvalue weighted by Crippen LogP contribution is 2.27. The molecule has 19 heavy (non-hydrogen) atoms. The van der Waals surface area contributed by atoms with Gasteiger partial charge in [-0.2, -0.15) is 11.8 Å². The van der Waals surface area contributed by atoms with E-state index in [-0.39, 0.29) is 5.82 Å². The van der Waals surface area contributed by atoms with Gasteiger partial charge in [-0.15, -0.1) is 0 Å². The number of hydrogen-bond acceptors (Lipinski definition) is 3. The van der Waals surface area contributed by atoms with Crippen LogP contribution >= 0.6 is 11.8 Å². The van der Waals surface area contributed by atoms with Crippen molar-refractivity contribution in [2.75, 3.05) is 23.7 Å². The van der Waals surface area contributed by atoms with Crippen LogP contribution in [0.4, 0.5) is 10.1 Å². The zero-order chi connectivity index (χ0) is 13.2. The largest absolute Gasteiger partial charge is 0.367 e. The van der Waals surface area contributed by atoms with Gasteiger partial charge in [-0.25, -0.2) is 4.39 Å². The monoisotopic (exact) mass is 280 g/mol. The Labute approximate surface area is 118 Å². The second-order valence-corrected chi connectivity index (χ2v) is 7.11. The minimum Gasteiger partial charge on any atom is -0.367 e. The highest BCUT2D eigenvalue weighted by molar-refractivity contribution is 8.00. The Morgan fingerprint density at radius 1 is 1.42 bits per heavy atom. The molecule has 0 bridgehead atoms. The topological polar surface area (TPSA) is 15.3 Å². The van der Waals surface area contributed by atoms with Gasteiger partial charge in [0.15, 0.2) is 0 Å². The van der Waals surface area contributed by atoms with E-state index < -0.39 is 0 Å². The first-order valence-electron chi connectivity index (χ1n) is 7.11. The van der Waals surface area contributed by atoms with Gasteiger partial charge in [0.25, 0.3) is 0 Å². The summed E-state index contributed by atoms with van der Waals surface area (Å²) in [5.41, 5.74) is 1.81. The number of thioether (sulfide) groups is 1. The molecule has 1 aromatic rings. The highest BCUT2D eigenvalue weighted by atomic mass is 32.2. The van der Waals surface area contributed by atoms with Gasteiger partial charge in [-0.1, -0.05) is 13.0 Å². The van der Waals surface area contributed by atoms with Gasteiger partial charge in [0.05, 0.1) is 5.69 Å². The lowest BCUT2D eigenvalue weighted by Crippen LogP contribution is -2.37. The van der Waals surface area contributed by atoms with E-state index in [4.69, 9.17) is 0 Å². The molecule has 0 spiro atoms. The highest BCUT2D eigenvalue weighted by Gasteiger charge is 2.21. The lowest BCUT2D eigenvalue weighted by atomic mass is 10.1. The minimum atomic E-state index is -0.0748. The van der Waals surface area contributed by atoms with Gasteiger partial charge in [-0.05, 0) is 30.5 Å². The summed E-state index contributed by atoms with van der Waals surface area (Å²) in [5, 5.41) is 4.01. The van der Waals surface area contributed by atoms with Gasteiger partial charge < -0.3 is 10.2 Å². The number of hydrogen-bond donors (Lipinski definition) is 1. The predicted octanol–water partition coefficient (Wildman–Crippen LogP) is 3.02. The number of nitrogens with one attached hydrogen (secondary N) is 1. The van der Waals surface area contributed by atoms with E-state index in [0.717, 1.165) is 36.6 Å². The first kappa shape index (κ1) is 13.3. The third-order valence-electron chi connectivity index (χ3n) is 3.77.